The van der Waals surface area contributed by atoms with Crippen molar-refractivity contribution in [2.45, 2.75) is 44.5 Å². The van der Waals surface area contributed by atoms with Crippen molar-refractivity contribution >= 4 is 21.4 Å². The average Bonchev–Trinajstić information content (AvgIpc) is 3.34. The van der Waals surface area contributed by atoms with Crippen molar-refractivity contribution in [3.63, 3.8) is 0 Å². The molecule has 37 heavy (non-hydrogen) atoms. The van der Waals surface area contributed by atoms with E-state index in [0.29, 0.717) is 23.0 Å². The minimum absolute atomic E-state index is 0.119. The summed E-state index contributed by atoms with van der Waals surface area (Å²) >= 11 is 6.29. The third kappa shape index (κ3) is 5.14. The number of hydrogen-bond donors (Lipinski definition) is 0. The van der Waals surface area contributed by atoms with Gasteiger partial charge in [-0.2, -0.15) is 5.10 Å². The Morgan fingerprint density at radius 2 is 1.89 bits per heavy atom. The van der Waals surface area contributed by atoms with E-state index in [-0.39, 0.29) is 16.6 Å². The summed E-state index contributed by atoms with van der Waals surface area (Å²) in [4.78, 5) is 17.6. The first kappa shape index (κ1) is 23.8. The molecule has 0 atom stereocenters. The van der Waals surface area contributed by atoms with E-state index in [1.54, 1.807) is 27.7 Å². The number of sulfone groups is 1. The molecule has 194 valence electrons. The van der Waals surface area contributed by atoms with Gasteiger partial charge in [-0.3, -0.25) is 9.36 Å². The lowest BCUT2D eigenvalue weighted by atomic mass is 10.2. The van der Waals surface area contributed by atoms with Gasteiger partial charge >= 0.3 is 0 Å². The molecule has 0 aliphatic heterocycles. The quantitative estimate of drug-likeness (QED) is 0.330. The van der Waals surface area contributed by atoms with E-state index in [9.17, 15) is 22.0 Å². The van der Waals surface area contributed by atoms with Gasteiger partial charge in [0, 0.05) is 41.9 Å². The molecular weight excluding hydrogens is 526 g/mol. The average molecular weight is 551 g/mol. The zero-order valence-corrected chi connectivity index (χ0v) is 21.7. The highest BCUT2D eigenvalue weighted by Gasteiger charge is 2.23. The van der Waals surface area contributed by atoms with Crippen LogP contribution in [0, 0.1) is 25.5 Å². The minimum atomic E-state index is -3.62. The fraction of sp³-hybridized carbons (Fsp3) is 0.240. The van der Waals surface area contributed by atoms with Crippen LogP contribution in [-0.4, -0.2) is 33.0 Å². The van der Waals surface area contributed by atoms with Gasteiger partial charge in [-0.05, 0) is 51.5 Å². The van der Waals surface area contributed by atoms with Gasteiger partial charge in [0.25, 0.3) is 5.56 Å². The maximum Gasteiger partial charge on any atom is 0.277 e. The van der Waals surface area contributed by atoms with Gasteiger partial charge in [0.15, 0.2) is 20.7 Å². The molecule has 0 saturated carbocycles. The van der Waals surface area contributed by atoms with E-state index in [2.05, 4.69) is 10.1 Å². The van der Waals surface area contributed by atoms with E-state index >= 15 is 0 Å². The van der Waals surface area contributed by atoms with Crippen LogP contribution in [0.4, 0.5) is 8.78 Å². The van der Waals surface area contributed by atoms with Crippen molar-refractivity contribution in [1.29, 1.82) is 0 Å². The Balaban J connectivity index is 1.76. The van der Waals surface area contributed by atoms with Gasteiger partial charge in [-0.1, -0.05) is 11.6 Å². The van der Waals surface area contributed by atoms with Crippen molar-refractivity contribution < 1.29 is 24.7 Å². The largest absolute Gasteiger partial charge is 0.487 e. The maximum atomic E-state index is 14.2. The lowest BCUT2D eigenvalue weighted by Gasteiger charge is -2.17. The molecule has 4 aromatic rings. The summed E-state index contributed by atoms with van der Waals surface area (Å²) in [6.07, 6.45) is 2.91. The molecule has 0 amide bonds. The van der Waals surface area contributed by atoms with Crippen molar-refractivity contribution in [1.82, 2.24) is 19.3 Å². The number of aromatic nitrogens is 4. The van der Waals surface area contributed by atoms with Crippen molar-refractivity contribution in [3.05, 3.63) is 92.6 Å². The lowest BCUT2D eigenvalue weighted by molar-refractivity contribution is 0.298. The third-order valence-electron chi connectivity index (χ3n) is 5.51. The Kier molecular flexibility index (Phi) is 6.47. The number of ether oxygens (including phenoxy) is 1. The van der Waals surface area contributed by atoms with Gasteiger partial charge < -0.3 is 4.74 Å². The fourth-order valence-electron chi connectivity index (χ4n) is 3.43. The number of nitrogens with zero attached hydrogens (tertiary/aromatic N) is 4. The van der Waals surface area contributed by atoms with E-state index in [0.717, 1.165) is 12.1 Å². The number of hydrogen-bond acceptors (Lipinski definition) is 6. The molecule has 0 N–H and O–H groups in total. The third-order valence-corrected chi connectivity index (χ3v) is 7.90. The molecule has 0 aliphatic rings. The molecule has 0 spiro atoms. The number of rotatable bonds is 7. The number of benzene rings is 1. The normalized spacial score (nSPS) is 13.0. The molecule has 12 heteroatoms. The van der Waals surface area contributed by atoms with E-state index < -0.39 is 49.4 Å². The maximum absolute atomic E-state index is 14.2. The van der Waals surface area contributed by atoms with Crippen molar-refractivity contribution in [2.75, 3.05) is 0 Å². The minimum Gasteiger partial charge on any atom is -0.487 e. The second-order valence-corrected chi connectivity index (χ2v) is 11.3. The Labute approximate surface area is 219 Å². The second kappa shape index (κ2) is 10.1. The molecular formula is C25H23ClF2N4O4S. The molecule has 8 nitrogen and oxygen atoms in total. The number of pyridine rings is 2. The Hall–Kier alpha value is -3.57. The highest BCUT2D eigenvalue weighted by Crippen LogP contribution is 2.26. The molecule has 3 aromatic heterocycles. The standard InChI is InChI=1S/C25H23ClF2N4O4S/c1-14(2)37(34,35)23-7-8-31(30-23)22-11-20(15(3)12-29-22)32-16(4)9-21(24(26)25(32)33)36-13-17-5-6-18(27)10-19(17)28/h5-12,14H,13H2,1-4H3/i13D2. The van der Waals surface area contributed by atoms with Gasteiger partial charge in [-0.15, -0.1) is 0 Å². The summed E-state index contributed by atoms with van der Waals surface area (Å²) in [6.45, 7) is 3.57. The molecule has 0 bridgehead atoms. The van der Waals surface area contributed by atoms with Crippen LogP contribution in [0.25, 0.3) is 11.5 Å². The first-order valence-corrected chi connectivity index (χ1v) is 12.9. The monoisotopic (exact) mass is 550 g/mol. The molecule has 4 rings (SSSR count). The Morgan fingerprint density at radius 3 is 2.57 bits per heavy atom. The van der Waals surface area contributed by atoms with Crippen LogP contribution in [0.3, 0.4) is 0 Å². The molecule has 0 saturated heterocycles. The predicted octanol–water partition coefficient (Wildman–Crippen LogP) is 4.73. The first-order chi connectivity index (χ1) is 18.1. The molecule has 1 aromatic carbocycles. The van der Waals surface area contributed by atoms with Crippen LogP contribution in [0.1, 0.15) is 33.4 Å². The van der Waals surface area contributed by atoms with E-state index in [1.807, 2.05) is 0 Å². The van der Waals surface area contributed by atoms with Crippen LogP contribution in [0.15, 0.2) is 58.6 Å². The van der Waals surface area contributed by atoms with Crippen molar-refractivity contribution in [2.24, 2.45) is 0 Å². The molecule has 3 heterocycles. The number of halogens is 3. The topological polar surface area (TPSA) is 96.1 Å². The fourth-order valence-corrected chi connectivity index (χ4v) is 4.55. The summed E-state index contributed by atoms with van der Waals surface area (Å²) in [5.41, 5.74) is -0.120. The number of aryl methyl sites for hydroxylation is 2. The SMILES string of the molecule is [2H]C([2H])(Oc1cc(C)n(-c2cc(-n3ccc(S(=O)(=O)C(C)C)n3)ncc2C)c(=O)c1Cl)c1ccc(F)cc1F. The van der Waals surface area contributed by atoms with Crippen LogP contribution in [-0.2, 0) is 16.4 Å². The summed E-state index contributed by atoms with van der Waals surface area (Å²) in [7, 11) is -3.62. The molecule has 0 radical (unpaired) electrons. The smallest absolute Gasteiger partial charge is 0.277 e. The highest BCUT2D eigenvalue weighted by atomic mass is 35.5. The molecule has 0 unspecified atom stereocenters. The van der Waals surface area contributed by atoms with E-state index in [4.69, 9.17) is 19.1 Å². The molecule has 0 fully saturated rings. The van der Waals surface area contributed by atoms with Gasteiger partial charge in [-0.25, -0.2) is 26.9 Å². The summed E-state index contributed by atoms with van der Waals surface area (Å²) < 4.78 is 76.6. The summed E-state index contributed by atoms with van der Waals surface area (Å²) in [6, 6.07) is 6.49. The Bertz CT molecular complexity index is 1760. The highest BCUT2D eigenvalue weighted by molar-refractivity contribution is 7.91. The van der Waals surface area contributed by atoms with E-state index in [1.165, 1.54) is 39.8 Å². The predicted molar refractivity (Wildman–Crippen MR) is 134 cm³/mol. The van der Waals surface area contributed by atoms with Crippen LogP contribution < -0.4 is 10.3 Å². The van der Waals surface area contributed by atoms with Crippen molar-refractivity contribution in [3.8, 4) is 17.3 Å². The second-order valence-electron chi connectivity index (χ2n) is 8.45. The zero-order valence-electron chi connectivity index (χ0n) is 22.2. The lowest BCUT2D eigenvalue weighted by Crippen LogP contribution is -2.23. The van der Waals surface area contributed by atoms with Gasteiger partial charge in [0.05, 0.1) is 13.7 Å². The van der Waals surface area contributed by atoms with Crippen LogP contribution >= 0.6 is 11.6 Å². The Morgan fingerprint density at radius 1 is 1.16 bits per heavy atom. The summed E-state index contributed by atoms with van der Waals surface area (Å²) in [5, 5.41) is 2.87. The zero-order chi connectivity index (χ0) is 28.9. The first-order valence-electron chi connectivity index (χ1n) is 12.0. The molecule has 0 aliphatic carbocycles. The van der Waals surface area contributed by atoms with Gasteiger partial charge in [0.2, 0.25) is 0 Å². The summed E-state index contributed by atoms with van der Waals surface area (Å²) in [5.74, 6) is -2.16. The van der Waals surface area contributed by atoms with Gasteiger partial charge in [0.1, 0.15) is 29.0 Å². The van der Waals surface area contributed by atoms with Crippen LogP contribution in [0.2, 0.25) is 5.02 Å². The van der Waals surface area contributed by atoms with Crippen LogP contribution in [0.5, 0.6) is 5.75 Å².